The highest BCUT2D eigenvalue weighted by molar-refractivity contribution is 7.90. The van der Waals surface area contributed by atoms with Gasteiger partial charge in [-0.1, -0.05) is 12.1 Å². The van der Waals surface area contributed by atoms with Crippen molar-refractivity contribution in [2.45, 2.75) is 6.04 Å². The van der Waals surface area contributed by atoms with Gasteiger partial charge < -0.3 is 19.7 Å². The van der Waals surface area contributed by atoms with Crippen molar-refractivity contribution in [2.75, 3.05) is 52.2 Å². The Morgan fingerprint density at radius 1 is 1.06 bits per heavy atom. The van der Waals surface area contributed by atoms with E-state index in [1.165, 1.54) is 32.4 Å². The number of nitrogens with one attached hydrogen (secondary N) is 1. The highest BCUT2D eigenvalue weighted by Gasteiger charge is 2.43. The van der Waals surface area contributed by atoms with E-state index in [1.807, 2.05) is 0 Å². The van der Waals surface area contributed by atoms with Gasteiger partial charge in [-0.05, 0) is 43.9 Å². The second kappa shape index (κ2) is 9.82. The maximum atomic E-state index is 13.5. The van der Waals surface area contributed by atoms with E-state index < -0.39 is 33.4 Å². The summed E-state index contributed by atoms with van der Waals surface area (Å²) in [7, 11) is 2.73. The minimum Gasteiger partial charge on any atom is -0.493 e. The summed E-state index contributed by atoms with van der Waals surface area (Å²) in [5.74, 6) is -1.44. The highest BCUT2D eigenvalue weighted by atomic mass is 32.2. The van der Waals surface area contributed by atoms with Crippen LogP contribution < -0.4 is 14.8 Å². The van der Waals surface area contributed by atoms with Gasteiger partial charge in [0.25, 0.3) is 11.8 Å². The van der Waals surface area contributed by atoms with Crippen LogP contribution in [0.2, 0.25) is 0 Å². The van der Waals surface area contributed by atoms with Crippen LogP contribution in [0, 0.1) is 0 Å². The number of sulfone groups is 1. The maximum absolute atomic E-state index is 13.5. The van der Waals surface area contributed by atoms with Crippen LogP contribution in [0.5, 0.6) is 11.5 Å². The van der Waals surface area contributed by atoms with E-state index in [0.717, 1.165) is 11.2 Å². The zero-order valence-corrected chi connectivity index (χ0v) is 20.4. The van der Waals surface area contributed by atoms with Gasteiger partial charge in [-0.25, -0.2) is 8.42 Å². The molecule has 182 valence electrons. The molecule has 10 nitrogen and oxygen atoms in total. The molecule has 1 N–H and O–H groups in total. The van der Waals surface area contributed by atoms with E-state index in [0.29, 0.717) is 17.1 Å². The molecule has 34 heavy (non-hydrogen) atoms. The van der Waals surface area contributed by atoms with Gasteiger partial charge in [0.15, 0.2) is 11.5 Å². The first kappa shape index (κ1) is 25.2. The van der Waals surface area contributed by atoms with Gasteiger partial charge in [0.2, 0.25) is 5.91 Å². The Balaban J connectivity index is 2.07. The first-order valence-electron chi connectivity index (χ1n) is 10.3. The van der Waals surface area contributed by atoms with Gasteiger partial charge >= 0.3 is 0 Å². The fourth-order valence-electron chi connectivity index (χ4n) is 3.83. The van der Waals surface area contributed by atoms with Crippen LogP contribution >= 0.6 is 0 Å². The highest BCUT2D eigenvalue weighted by Crippen LogP contribution is 2.38. The van der Waals surface area contributed by atoms with Crippen molar-refractivity contribution in [3.63, 3.8) is 0 Å². The lowest BCUT2D eigenvalue weighted by Gasteiger charge is -2.26. The van der Waals surface area contributed by atoms with Crippen molar-refractivity contribution >= 4 is 33.2 Å². The maximum Gasteiger partial charge on any atom is 0.264 e. The number of amides is 3. The molecular formula is C23H27N3O7S. The van der Waals surface area contributed by atoms with E-state index in [4.69, 9.17) is 9.47 Å². The topological polar surface area (TPSA) is 122 Å². The summed E-state index contributed by atoms with van der Waals surface area (Å²) in [6, 6.07) is 8.15. The second-order valence-electron chi connectivity index (χ2n) is 8.22. The number of hydrogen-bond donors (Lipinski definition) is 1. The standard InChI is InChI=1S/C23H27N3O7S/c1-25(2)12-20(27)24-16-8-6-7-15-21(16)23(29)26(22(15)28)17(13-34(5,30)31)14-9-10-18(32-3)19(11-14)33-4/h6-11,17H,12-13H2,1-5H3,(H,24,27). The van der Waals surface area contributed by atoms with Crippen molar-refractivity contribution in [1.82, 2.24) is 9.80 Å². The first-order chi connectivity index (χ1) is 16.0. The third-order valence-corrected chi connectivity index (χ3v) is 6.17. The molecule has 3 amide bonds. The van der Waals surface area contributed by atoms with Gasteiger partial charge in [-0.2, -0.15) is 0 Å². The largest absolute Gasteiger partial charge is 0.493 e. The van der Waals surface area contributed by atoms with E-state index in [1.54, 1.807) is 37.2 Å². The number of carbonyl (C=O) groups is 3. The SMILES string of the molecule is COc1ccc(C(CS(C)(=O)=O)N2C(=O)c3cccc(NC(=O)CN(C)C)c3C2=O)cc1OC. The van der Waals surface area contributed by atoms with Crippen molar-refractivity contribution in [2.24, 2.45) is 0 Å². The number of imide groups is 1. The van der Waals surface area contributed by atoms with Crippen LogP contribution in [0.3, 0.4) is 0 Å². The molecular weight excluding hydrogens is 462 g/mol. The Hall–Kier alpha value is -3.44. The summed E-state index contributed by atoms with van der Waals surface area (Å²) in [6.07, 6.45) is 1.03. The molecule has 1 heterocycles. The second-order valence-corrected chi connectivity index (χ2v) is 10.4. The Morgan fingerprint density at radius 3 is 2.32 bits per heavy atom. The Kier molecular flexibility index (Phi) is 7.27. The van der Waals surface area contributed by atoms with Gasteiger partial charge in [-0.15, -0.1) is 0 Å². The molecule has 1 unspecified atom stereocenters. The van der Waals surface area contributed by atoms with E-state index >= 15 is 0 Å². The molecule has 0 saturated heterocycles. The Morgan fingerprint density at radius 2 is 1.74 bits per heavy atom. The molecule has 0 radical (unpaired) electrons. The molecule has 0 saturated carbocycles. The minimum atomic E-state index is -3.61. The molecule has 0 spiro atoms. The average Bonchev–Trinajstić information content (AvgIpc) is 3.01. The molecule has 0 aromatic heterocycles. The lowest BCUT2D eigenvalue weighted by molar-refractivity contribution is -0.116. The third-order valence-electron chi connectivity index (χ3n) is 5.24. The summed E-state index contributed by atoms with van der Waals surface area (Å²) >= 11 is 0. The first-order valence-corrected chi connectivity index (χ1v) is 12.4. The molecule has 0 bridgehead atoms. The molecule has 0 aliphatic carbocycles. The van der Waals surface area contributed by atoms with Crippen molar-refractivity contribution in [3.05, 3.63) is 53.1 Å². The van der Waals surface area contributed by atoms with Crippen LogP contribution in [-0.4, -0.2) is 82.8 Å². The number of hydrogen-bond acceptors (Lipinski definition) is 8. The molecule has 1 aliphatic rings. The van der Waals surface area contributed by atoms with Crippen LogP contribution in [0.4, 0.5) is 5.69 Å². The third kappa shape index (κ3) is 5.20. The molecule has 11 heteroatoms. The number of methoxy groups -OCH3 is 2. The van der Waals surface area contributed by atoms with Gasteiger partial charge in [0.1, 0.15) is 9.84 Å². The number of rotatable bonds is 9. The number of nitrogens with zero attached hydrogens (tertiary/aromatic N) is 2. The summed E-state index contributed by atoms with van der Waals surface area (Å²) < 4.78 is 35.1. The summed E-state index contributed by atoms with van der Waals surface area (Å²) in [5, 5.41) is 2.67. The molecule has 1 aliphatic heterocycles. The van der Waals surface area contributed by atoms with Crippen LogP contribution in [0.25, 0.3) is 0 Å². The van der Waals surface area contributed by atoms with Gasteiger partial charge in [0, 0.05) is 6.26 Å². The molecule has 0 fully saturated rings. The molecule has 2 aromatic carbocycles. The smallest absolute Gasteiger partial charge is 0.264 e. The van der Waals surface area contributed by atoms with Crippen LogP contribution in [-0.2, 0) is 14.6 Å². The monoisotopic (exact) mass is 489 g/mol. The van der Waals surface area contributed by atoms with E-state index in [2.05, 4.69) is 5.32 Å². The predicted molar refractivity (Wildman–Crippen MR) is 126 cm³/mol. The van der Waals surface area contributed by atoms with Gasteiger partial charge in [0.05, 0.1) is 49.4 Å². The summed E-state index contributed by atoms with van der Waals surface area (Å²) in [5.41, 5.74) is 0.691. The summed E-state index contributed by atoms with van der Waals surface area (Å²) in [4.78, 5) is 41.7. The van der Waals surface area contributed by atoms with E-state index in [9.17, 15) is 22.8 Å². The predicted octanol–water partition coefficient (Wildman–Crippen LogP) is 1.59. The fraction of sp³-hybridized carbons (Fsp3) is 0.348. The molecule has 3 rings (SSSR count). The van der Waals surface area contributed by atoms with Crippen molar-refractivity contribution < 1.29 is 32.3 Å². The molecule has 2 aromatic rings. The van der Waals surface area contributed by atoms with Crippen LogP contribution in [0.1, 0.15) is 32.3 Å². The zero-order valence-electron chi connectivity index (χ0n) is 19.6. The number of likely N-dealkylation sites (N-methyl/N-ethyl adjacent to an activating group) is 1. The zero-order chi connectivity index (χ0) is 25.2. The fourth-order valence-corrected chi connectivity index (χ4v) is 4.75. The minimum absolute atomic E-state index is 0.0265. The average molecular weight is 490 g/mol. The molecule has 1 atom stereocenters. The Bertz CT molecular complexity index is 1240. The quantitative estimate of drug-likeness (QED) is 0.527. The van der Waals surface area contributed by atoms with Gasteiger partial charge in [-0.3, -0.25) is 19.3 Å². The summed E-state index contributed by atoms with van der Waals surface area (Å²) in [6.45, 7) is 0.0812. The number of benzene rings is 2. The number of anilines is 1. The number of fused-ring (bicyclic) bond motifs is 1. The van der Waals surface area contributed by atoms with E-state index in [-0.39, 0.29) is 29.3 Å². The van der Waals surface area contributed by atoms with Crippen molar-refractivity contribution in [3.8, 4) is 11.5 Å². The lowest BCUT2D eigenvalue weighted by atomic mass is 10.1. The number of ether oxygens (including phenoxy) is 2. The Labute approximate surface area is 198 Å². The number of carbonyl (C=O) groups excluding carboxylic acids is 3. The lowest BCUT2D eigenvalue weighted by Crippen LogP contribution is -2.38. The van der Waals surface area contributed by atoms with Crippen LogP contribution in [0.15, 0.2) is 36.4 Å². The normalized spacial score (nSPS) is 14.2. The van der Waals surface area contributed by atoms with Crippen molar-refractivity contribution in [1.29, 1.82) is 0 Å².